The highest BCUT2D eigenvalue weighted by Gasteiger charge is 2.15. The van der Waals surface area contributed by atoms with Gasteiger partial charge < -0.3 is 5.32 Å². The summed E-state index contributed by atoms with van der Waals surface area (Å²) in [6, 6.07) is 6.52. The van der Waals surface area contributed by atoms with Crippen molar-refractivity contribution < 1.29 is 9.18 Å². The molecule has 2 rings (SSSR count). The van der Waals surface area contributed by atoms with E-state index >= 15 is 0 Å². The van der Waals surface area contributed by atoms with Gasteiger partial charge in [-0.1, -0.05) is 32.9 Å². The summed E-state index contributed by atoms with van der Waals surface area (Å²) in [5, 5.41) is 3.51. The minimum Gasteiger partial charge on any atom is -0.324 e. The zero-order chi connectivity index (χ0) is 14.7. The van der Waals surface area contributed by atoms with E-state index in [0.29, 0.717) is 22.5 Å². The predicted octanol–water partition coefficient (Wildman–Crippen LogP) is 3.99. The maximum atomic E-state index is 13.5. The first-order valence-electron chi connectivity index (χ1n) is 6.82. The van der Waals surface area contributed by atoms with Crippen LogP contribution in [-0.2, 0) is 4.79 Å². The van der Waals surface area contributed by atoms with Gasteiger partial charge >= 0.3 is 0 Å². The molecule has 1 amide bonds. The second kappa shape index (κ2) is 5.99. The average Bonchev–Trinajstić information content (AvgIpc) is 2.38. The molecule has 106 valence electrons. The summed E-state index contributed by atoms with van der Waals surface area (Å²) in [5.74, 6) is 0.0302. The number of hydrogen-bond donors (Lipinski definition) is 1. The van der Waals surface area contributed by atoms with Crippen molar-refractivity contribution in [2.75, 3.05) is 5.32 Å². The van der Waals surface area contributed by atoms with Gasteiger partial charge in [-0.2, -0.15) is 0 Å². The molecule has 0 saturated heterocycles. The highest BCUT2D eigenvalue weighted by atomic mass is 19.1. The second-order valence-corrected chi connectivity index (χ2v) is 5.56. The Kier molecular flexibility index (Phi) is 4.32. The molecule has 0 aliphatic rings. The number of rotatable bonds is 4. The molecule has 2 aromatic rings. The molecule has 0 aliphatic heterocycles. The lowest BCUT2D eigenvalue weighted by Crippen LogP contribution is -2.21. The number of aromatic nitrogens is 1. The van der Waals surface area contributed by atoms with Crippen LogP contribution in [-0.4, -0.2) is 10.9 Å². The van der Waals surface area contributed by atoms with Crippen molar-refractivity contribution >= 4 is 22.5 Å². The molecule has 1 aromatic heterocycles. The fourth-order valence-electron chi connectivity index (χ4n) is 2.27. The second-order valence-electron chi connectivity index (χ2n) is 5.56. The summed E-state index contributed by atoms with van der Waals surface area (Å²) in [4.78, 5) is 16.1. The van der Waals surface area contributed by atoms with Crippen molar-refractivity contribution in [3.05, 3.63) is 36.3 Å². The molecule has 1 N–H and O–H groups in total. The summed E-state index contributed by atoms with van der Waals surface area (Å²) in [7, 11) is 0. The number of nitrogens with one attached hydrogen (secondary N) is 1. The van der Waals surface area contributed by atoms with Gasteiger partial charge in [-0.3, -0.25) is 9.78 Å². The Morgan fingerprint density at radius 3 is 2.80 bits per heavy atom. The van der Waals surface area contributed by atoms with E-state index in [0.717, 1.165) is 6.42 Å². The van der Waals surface area contributed by atoms with Gasteiger partial charge in [-0.25, -0.2) is 4.39 Å². The third kappa shape index (κ3) is 3.32. The van der Waals surface area contributed by atoms with Gasteiger partial charge in [0.1, 0.15) is 11.3 Å². The van der Waals surface area contributed by atoms with E-state index in [1.807, 2.05) is 6.92 Å². The van der Waals surface area contributed by atoms with Crippen LogP contribution in [0, 0.1) is 17.7 Å². The fraction of sp³-hybridized carbons (Fsp3) is 0.375. The molecule has 0 aliphatic carbocycles. The molecule has 0 radical (unpaired) electrons. The summed E-state index contributed by atoms with van der Waals surface area (Å²) in [5.41, 5.74) is 0.921. The minimum absolute atomic E-state index is 0.0312. The Hall–Kier alpha value is -1.97. The van der Waals surface area contributed by atoms with Crippen LogP contribution < -0.4 is 5.32 Å². The van der Waals surface area contributed by atoms with E-state index < -0.39 is 0 Å². The Morgan fingerprint density at radius 1 is 1.35 bits per heavy atom. The zero-order valence-electron chi connectivity index (χ0n) is 12.0. The van der Waals surface area contributed by atoms with Crippen LogP contribution in [0.5, 0.6) is 0 Å². The third-order valence-electron chi connectivity index (χ3n) is 3.20. The minimum atomic E-state index is -0.353. The Balaban J connectivity index is 2.16. The van der Waals surface area contributed by atoms with E-state index in [1.165, 1.54) is 12.3 Å². The fourth-order valence-corrected chi connectivity index (χ4v) is 2.27. The molecule has 1 aromatic carbocycles. The normalized spacial score (nSPS) is 12.7. The first kappa shape index (κ1) is 14.4. The van der Waals surface area contributed by atoms with Gasteiger partial charge in [0.05, 0.1) is 11.9 Å². The number of benzene rings is 1. The number of para-hydroxylation sites is 1. The number of hydrogen-bond acceptors (Lipinski definition) is 2. The highest BCUT2D eigenvalue weighted by molar-refractivity contribution is 5.94. The lowest BCUT2D eigenvalue weighted by molar-refractivity contribution is -0.119. The number of pyridine rings is 1. The van der Waals surface area contributed by atoms with Crippen molar-refractivity contribution in [2.45, 2.75) is 27.2 Å². The van der Waals surface area contributed by atoms with Crippen molar-refractivity contribution in [2.24, 2.45) is 11.8 Å². The number of fused-ring (bicyclic) bond motifs is 1. The van der Waals surface area contributed by atoms with Crippen LogP contribution in [0.3, 0.4) is 0 Å². The first-order valence-corrected chi connectivity index (χ1v) is 6.82. The Bertz CT molecular complexity index is 625. The van der Waals surface area contributed by atoms with E-state index in [1.54, 1.807) is 18.2 Å². The molecule has 0 bridgehead atoms. The van der Waals surface area contributed by atoms with Crippen molar-refractivity contribution in [1.82, 2.24) is 4.98 Å². The number of carbonyl (C=O) groups excluding carboxylic acids is 1. The van der Waals surface area contributed by atoms with E-state index in [2.05, 4.69) is 24.1 Å². The Morgan fingerprint density at radius 2 is 2.10 bits per heavy atom. The number of halogens is 1. The van der Waals surface area contributed by atoms with Gasteiger partial charge in [-0.15, -0.1) is 0 Å². The van der Waals surface area contributed by atoms with E-state index in [-0.39, 0.29) is 17.6 Å². The van der Waals surface area contributed by atoms with Gasteiger partial charge in [-0.05, 0) is 24.5 Å². The standard InChI is InChI=1S/C16H19FN2O/c1-10(2)7-11(3)16(20)19-13-8-12-5-4-6-14(17)15(12)18-9-13/h4-6,8-11H,7H2,1-3H3,(H,19,20). The van der Waals surface area contributed by atoms with E-state index in [4.69, 9.17) is 0 Å². The lowest BCUT2D eigenvalue weighted by atomic mass is 9.98. The molecule has 0 spiro atoms. The maximum Gasteiger partial charge on any atom is 0.227 e. The van der Waals surface area contributed by atoms with E-state index in [9.17, 15) is 9.18 Å². The quantitative estimate of drug-likeness (QED) is 0.915. The maximum absolute atomic E-state index is 13.5. The smallest absolute Gasteiger partial charge is 0.227 e. The molecular weight excluding hydrogens is 255 g/mol. The van der Waals surface area contributed by atoms with Crippen molar-refractivity contribution in [3.63, 3.8) is 0 Å². The van der Waals surface area contributed by atoms with Crippen LogP contribution in [0.25, 0.3) is 10.9 Å². The first-order chi connectivity index (χ1) is 9.47. The monoisotopic (exact) mass is 274 g/mol. The number of carbonyl (C=O) groups is 1. The zero-order valence-corrected chi connectivity index (χ0v) is 12.0. The summed E-state index contributed by atoms with van der Waals surface area (Å²) < 4.78 is 13.5. The van der Waals surface area contributed by atoms with Crippen LogP contribution in [0.4, 0.5) is 10.1 Å². The van der Waals surface area contributed by atoms with Crippen molar-refractivity contribution in [3.8, 4) is 0 Å². The van der Waals surface area contributed by atoms with Crippen LogP contribution >= 0.6 is 0 Å². The molecule has 20 heavy (non-hydrogen) atoms. The molecular formula is C16H19FN2O. The van der Waals surface area contributed by atoms with Crippen molar-refractivity contribution in [1.29, 1.82) is 0 Å². The average molecular weight is 274 g/mol. The van der Waals surface area contributed by atoms with Gasteiger partial charge in [0, 0.05) is 11.3 Å². The van der Waals surface area contributed by atoms with Gasteiger partial charge in [0.25, 0.3) is 0 Å². The molecule has 0 fully saturated rings. The third-order valence-corrected chi connectivity index (χ3v) is 3.20. The van der Waals surface area contributed by atoms with Crippen LogP contribution in [0.15, 0.2) is 30.5 Å². The molecule has 1 unspecified atom stereocenters. The number of anilines is 1. The Labute approximate surface area is 118 Å². The summed E-state index contributed by atoms with van der Waals surface area (Å²) >= 11 is 0. The topological polar surface area (TPSA) is 42.0 Å². The summed E-state index contributed by atoms with van der Waals surface area (Å²) in [6.07, 6.45) is 2.33. The highest BCUT2D eigenvalue weighted by Crippen LogP contribution is 2.20. The van der Waals surface area contributed by atoms with Crippen LogP contribution in [0.2, 0.25) is 0 Å². The molecule has 0 saturated carbocycles. The van der Waals surface area contributed by atoms with Gasteiger partial charge in [0.15, 0.2) is 0 Å². The largest absolute Gasteiger partial charge is 0.324 e. The van der Waals surface area contributed by atoms with Crippen LogP contribution in [0.1, 0.15) is 27.2 Å². The lowest BCUT2D eigenvalue weighted by Gasteiger charge is -2.14. The molecule has 4 heteroatoms. The van der Waals surface area contributed by atoms with Gasteiger partial charge in [0.2, 0.25) is 5.91 Å². The molecule has 3 nitrogen and oxygen atoms in total. The molecule has 1 heterocycles. The number of amides is 1. The SMILES string of the molecule is CC(C)CC(C)C(=O)Nc1cnc2c(F)cccc2c1. The predicted molar refractivity (Wildman–Crippen MR) is 78.9 cm³/mol. The molecule has 1 atom stereocenters. The number of nitrogens with zero attached hydrogens (tertiary/aromatic N) is 1. The summed E-state index contributed by atoms with van der Waals surface area (Å²) in [6.45, 7) is 6.08.